The second-order valence-electron chi connectivity index (χ2n) is 5.80. The van der Waals surface area contributed by atoms with Crippen molar-refractivity contribution in [3.63, 3.8) is 0 Å². The van der Waals surface area contributed by atoms with Crippen molar-refractivity contribution in [2.75, 3.05) is 13.6 Å². The average Bonchev–Trinajstić information content (AvgIpc) is 3.00. The van der Waals surface area contributed by atoms with E-state index in [1.807, 2.05) is 38.2 Å². The van der Waals surface area contributed by atoms with E-state index in [9.17, 15) is 9.59 Å². The summed E-state index contributed by atoms with van der Waals surface area (Å²) >= 11 is 1.63. The van der Waals surface area contributed by atoms with Crippen molar-refractivity contribution >= 4 is 33.5 Å². The molecule has 0 aliphatic carbocycles. The van der Waals surface area contributed by atoms with Gasteiger partial charge in [0.05, 0.1) is 16.3 Å². The zero-order valence-electron chi connectivity index (χ0n) is 14.1. The van der Waals surface area contributed by atoms with Gasteiger partial charge in [0, 0.05) is 20.0 Å². The summed E-state index contributed by atoms with van der Waals surface area (Å²) < 4.78 is 1.14. The van der Waals surface area contributed by atoms with E-state index in [0.717, 1.165) is 34.5 Å². The van der Waals surface area contributed by atoms with Gasteiger partial charge in [-0.2, -0.15) is 0 Å². The highest BCUT2D eigenvalue weighted by molar-refractivity contribution is 7.18. The maximum Gasteiger partial charge on any atom is 0.312 e. The molecule has 0 spiro atoms. The second-order valence-corrected chi connectivity index (χ2v) is 6.86. The van der Waals surface area contributed by atoms with Gasteiger partial charge in [-0.25, -0.2) is 9.78 Å². The number of urea groups is 1. The van der Waals surface area contributed by atoms with Gasteiger partial charge in [-0.3, -0.25) is 4.79 Å². The number of primary amides is 1. The molecule has 2 rings (SSSR count). The molecule has 24 heavy (non-hydrogen) atoms. The topological polar surface area (TPSA) is 88.3 Å². The van der Waals surface area contributed by atoms with Crippen LogP contribution in [0.5, 0.6) is 0 Å². The normalized spacial score (nSPS) is 12.1. The molecular formula is C17H24N4O2S. The van der Waals surface area contributed by atoms with Gasteiger partial charge >= 0.3 is 6.03 Å². The van der Waals surface area contributed by atoms with Crippen molar-refractivity contribution in [1.82, 2.24) is 15.2 Å². The molecule has 7 heteroatoms. The minimum absolute atomic E-state index is 0.0357. The summed E-state index contributed by atoms with van der Waals surface area (Å²) in [7, 11) is 1.83. The summed E-state index contributed by atoms with van der Waals surface area (Å²) in [6, 6.07) is 7.46. The quantitative estimate of drug-likeness (QED) is 0.719. The molecule has 3 N–H and O–H groups in total. The summed E-state index contributed by atoms with van der Waals surface area (Å²) in [5.74, 6) is 0.115. The molecule has 3 amide bonds. The van der Waals surface area contributed by atoms with Gasteiger partial charge < -0.3 is 16.0 Å². The number of hydrogen-bond donors (Lipinski definition) is 2. The predicted octanol–water partition coefficient (Wildman–Crippen LogP) is 3.04. The molecule has 1 heterocycles. The highest BCUT2D eigenvalue weighted by atomic mass is 32.1. The fourth-order valence-corrected chi connectivity index (χ4v) is 3.48. The van der Waals surface area contributed by atoms with Crippen molar-refractivity contribution < 1.29 is 9.59 Å². The number of nitrogens with zero attached hydrogens (tertiary/aromatic N) is 2. The van der Waals surface area contributed by atoms with Crippen molar-refractivity contribution in [1.29, 1.82) is 0 Å². The molecule has 1 aromatic heterocycles. The first kappa shape index (κ1) is 18.2. The number of aromatic nitrogens is 1. The summed E-state index contributed by atoms with van der Waals surface area (Å²) in [5.41, 5.74) is 5.97. The lowest BCUT2D eigenvalue weighted by atomic mass is 10.1. The molecule has 0 unspecified atom stereocenters. The van der Waals surface area contributed by atoms with Crippen molar-refractivity contribution in [3.05, 3.63) is 29.3 Å². The first-order valence-corrected chi connectivity index (χ1v) is 8.95. The fraction of sp³-hybridized carbons (Fsp3) is 0.471. The number of thiazole rings is 1. The lowest BCUT2D eigenvalue weighted by Gasteiger charge is -2.23. The summed E-state index contributed by atoms with van der Waals surface area (Å²) in [4.78, 5) is 29.3. The van der Waals surface area contributed by atoms with Crippen molar-refractivity contribution in [2.24, 2.45) is 5.73 Å². The molecule has 130 valence electrons. The fourth-order valence-electron chi connectivity index (χ4n) is 2.42. The number of hydrogen-bond acceptors (Lipinski definition) is 4. The maximum atomic E-state index is 12.3. The van der Waals surface area contributed by atoms with Gasteiger partial charge in [0.25, 0.3) is 0 Å². The third-order valence-corrected chi connectivity index (χ3v) is 5.22. The molecule has 6 nitrogen and oxygen atoms in total. The van der Waals surface area contributed by atoms with Crippen LogP contribution in [-0.4, -0.2) is 35.4 Å². The van der Waals surface area contributed by atoms with E-state index in [4.69, 9.17) is 5.73 Å². The average molecular weight is 348 g/mol. The summed E-state index contributed by atoms with van der Waals surface area (Å²) in [6.45, 7) is 2.56. The standard InChI is InChI=1S/C17H24N4O2S/c1-12(16-20-13-8-5-6-9-14(13)24-16)21(2)15(22)10-4-3-7-11-19-17(18)23/h5-6,8-9,12H,3-4,7,10-11H2,1-2H3,(H3,18,19,23)/t12-/m1/s1. The van der Waals surface area contributed by atoms with Crippen molar-refractivity contribution in [2.45, 2.75) is 38.6 Å². The van der Waals surface area contributed by atoms with Crippen molar-refractivity contribution in [3.8, 4) is 0 Å². The van der Waals surface area contributed by atoms with Crippen LogP contribution in [0.4, 0.5) is 4.79 Å². The molecule has 0 fully saturated rings. The number of carbonyl (C=O) groups is 2. The SMILES string of the molecule is C[C@H](c1nc2ccccc2s1)N(C)C(=O)CCCCCNC(N)=O. The number of para-hydroxylation sites is 1. The number of nitrogens with two attached hydrogens (primary N) is 1. The minimum Gasteiger partial charge on any atom is -0.352 e. The van der Waals surface area contributed by atoms with Crippen LogP contribution in [0.25, 0.3) is 10.2 Å². The van der Waals surface area contributed by atoms with Gasteiger partial charge in [-0.05, 0) is 31.9 Å². The van der Waals surface area contributed by atoms with Gasteiger partial charge in [0.1, 0.15) is 5.01 Å². The molecule has 0 radical (unpaired) electrons. The molecule has 0 saturated heterocycles. The molecule has 0 saturated carbocycles. The van der Waals surface area contributed by atoms with Crippen LogP contribution in [0.1, 0.15) is 43.7 Å². The number of fused-ring (bicyclic) bond motifs is 1. The van der Waals surface area contributed by atoms with E-state index in [-0.39, 0.29) is 11.9 Å². The van der Waals surface area contributed by atoms with Gasteiger partial charge in [-0.1, -0.05) is 18.6 Å². The van der Waals surface area contributed by atoms with E-state index in [0.29, 0.717) is 13.0 Å². The Bertz CT molecular complexity index is 668. The lowest BCUT2D eigenvalue weighted by Crippen LogP contribution is -2.30. The number of rotatable bonds is 8. The monoisotopic (exact) mass is 348 g/mol. The van der Waals surface area contributed by atoms with Crippen LogP contribution in [0.15, 0.2) is 24.3 Å². The Morgan fingerprint density at radius 1 is 1.29 bits per heavy atom. The largest absolute Gasteiger partial charge is 0.352 e. The lowest BCUT2D eigenvalue weighted by molar-refractivity contribution is -0.131. The van der Waals surface area contributed by atoms with Gasteiger partial charge in [0.2, 0.25) is 5.91 Å². The minimum atomic E-state index is -0.504. The van der Waals surface area contributed by atoms with Crippen LogP contribution >= 0.6 is 11.3 Å². The van der Waals surface area contributed by atoms with Crippen LogP contribution < -0.4 is 11.1 Å². The number of carbonyl (C=O) groups excluding carboxylic acids is 2. The third-order valence-electron chi connectivity index (χ3n) is 4.01. The molecule has 0 aliphatic rings. The number of benzene rings is 1. The number of amides is 3. The Morgan fingerprint density at radius 2 is 2.04 bits per heavy atom. The van der Waals surface area contributed by atoms with E-state index < -0.39 is 6.03 Å². The Morgan fingerprint density at radius 3 is 2.75 bits per heavy atom. The highest BCUT2D eigenvalue weighted by Gasteiger charge is 2.20. The van der Waals surface area contributed by atoms with Crippen LogP contribution in [-0.2, 0) is 4.79 Å². The summed E-state index contributed by atoms with van der Waals surface area (Å²) in [5, 5.41) is 3.50. The first-order valence-electron chi connectivity index (χ1n) is 8.13. The second kappa shape index (κ2) is 8.63. The van der Waals surface area contributed by atoms with Gasteiger partial charge in [-0.15, -0.1) is 11.3 Å². The highest BCUT2D eigenvalue weighted by Crippen LogP contribution is 2.29. The number of unbranched alkanes of at least 4 members (excludes halogenated alkanes) is 2. The zero-order chi connectivity index (χ0) is 17.5. The Balaban J connectivity index is 1.80. The zero-order valence-corrected chi connectivity index (χ0v) is 14.9. The predicted molar refractivity (Wildman–Crippen MR) is 96.9 cm³/mol. The van der Waals surface area contributed by atoms with Crippen LogP contribution in [0, 0.1) is 0 Å². The van der Waals surface area contributed by atoms with Crippen LogP contribution in [0.3, 0.4) is 0 Å². The van der Waals surface area contributed by atoms with Crippen LogP contribution in [0.2, 0.25) is 0 Å². The first-order chi connectivity index (χ1) is 11.5. The van der Waals surface area contributed by atoms with E-state index >= 15 is 0 Å². The molecule has 2 aromatic rings. The molecule has 0 aliphatic heterocycles. The van der Waals surface area contributed by atoms with Gasteiger partial charge in [0.15, 0.2) is 0 Å². The molecule has 0 bridgehead atoms. The smallest absolute Gasteiger partial charge is 0.312 e. The third kappa shape index (κ3) is 4.92. The maximum absolute atomic E-state index is 12.3. The Kier molecular flexibility index (Phi) is 6.54. The number of nitrogens with one attached hydrogen (secondary N) is 1. The molecule has 1 atom stereocenters. The Hall–Kier alpha value is -2.15. The molecular weight excluding hydrogens is 324 g/mol. The summed E-state index contributed by atoms with van der Waals surface area (Å²) in [6.07, 6.45) is 3.02. The van der Waals surface area contributed by atoms with E-state index in [1.54, 1.807) is 16.2 Å². The van der Waals surface area contributed by atoms with E-state index in [1.165, 1.54) is 0 Å². The molecule has 1 aromatic carbocycles. The Labute approximate surface area is 146 Å². The van der Waals surface area contributed by atoms with E-state index in [2.05, 4.69) is 10.3 Å².